The first kappa shape index (κ1) is 4.47. The van der Waals surface area contributed by atoms with E-state index in [1.54, 1.807) is 0 Å². The lowest BCUT2D eigenvalue weighted by atomic mass is 10.3. The number of hydrogen-bond donors (Lipinski definition) is 0. The van der Waals surface area contributed by atoms with Gasteiger partial charge in [-0.3, -0.25) is 0 Å². The van der Waals surface area contributed by atoms with Crippen LogP contribution in [0.3, 0.4) is 0 Å². The Labute approximate surface area is 46.6 Å². The Hall–Kier alpha value is -0.410. The molecular weight excluding hydrogens is 108 g/mol. The van der Waals surface area contributed by atoms with Gasteiger partial charge in [-0.25, -0.2) is 0 Å². The summed E-state index contributed by atoms with van der Waals surface area (Å²) in [5.74, 6) is 0. The lowest BCUT2D eigenvalue weighted by molar-refractivity contribution is -0.118. The van der Waals surface area contributed by atoms with Crippen LogP contribution in [0, 0.1) is 0 Å². The predicted molar refractivity (Wildman–Crippen MR) is 24.5 cm³/mol. The highest BCUT2D eigenvalue weighted by Gasteiger charge is 2.51. The molecule has 0 saturated carbocycles. The van der Waals surface area contributed by atoms with Gasteiger partial charge in [-0.05, 0) is 0 Å². The van der Waals surface area contributed by atoms with Gasteiger partial charge in [0.1, 0.15) is 18.3 Å². The lowest BCUT2D eigenvalue weighted by Gasteiger charge is -1.99. The van der Waals surface area contributed by atoms with Crippen LogP contribution in [0.4, 0.5) is 0 Å². The van der Waals surface area contributed by atoms with Crippen LogP contribution >= 0.6 is 0 Å². The molecule has 2 aliphatic rings. The molecule has 0 spiro atoms. The van der Waals surface area contributed by atoms with Gasteiger partial charge in [-0.2, -0.15) is 0 Å². The fourth-order valence-corrected chi connectivity index (χ4v) is 0.997. The topological polar surface area (TPSA) is 38.8 Å². The number of fused-ring (bicyclic) bond motifs is 1. The summed E-state index contributed by atoms with van der Waals surface area (Å²) < 4.78 is 9.97. The molecule has 2 rings (SSSR count). The Bertz CT molecular complexity index is 123. The van der Waals surface area contributed by atoms with Gasteiger partial charge in [0.05, 0.1) is 6.61 Å². The fourth-order valence-electron chi connectivity index (χ4n) is 0.997. The van der Waals surface area contributed by atoms with Crippen LogP contribution in [0.1, 0.15) is 0 Å². The second-order valence-corrected chi connectivity index (χ2v) is 2.07. The number of rotatable bonds is 1. The summed E-state index contributed by atoms with van der Waals surface area (Å²) in [6.07, 6.45) is 0.884. The van der Waals surface area contributed by atoms with Gasteiger partial charge in [0.25, 0.3) is 0 Å². The minimum Gasteiger partial charge on any atom is -0.365 e. The number of aldehydes is 1. The summed E-state index contributed by atoms with van der Waals surface area (Å²) in [5.41, 5.74) is 0. The Morgan fingerprint density at radius 1 is 1.62 bits per heavy atom. The van der Waals surface area contributed by atoms with Crippen molar-refractivity contribution >= 4 is 6.29 Å². The van der Waals surface area contributed by atoms with E-state index in [9.17, 15) is 4.79 Å². The minimum absolute atomic E-state index is 0.104. The molecule has 0 N–H and O–H groups in total. The van der Waals surface area contributed by atoms with Crippen LogP contribution in [0.25, 0.3) is 0 Å². The third-order valence-corrected chi connectivity index (χ3v) is 1.53. The standard InChI is InChI=1S/C5H6O3/c6-1-3-5-4(8-5)2-7-3/h1,3-5H,2H2/t3-,4-,5+/m1/s1. The van der Waals surface area contributed by atoms with E-state index >= 15 is 0 Å². The highest BCUT2D eigenvalue weighted by atomic mass is 16.7. The van der Waals surface area contributed by atoms with Crippen molar-refractivity contribution in [2.75, 3.05) is 6.61 Å². The lowest BCUT2D eigenvalue weighted by Crippen LogP contribution is -2.15. The van der Waals surface area contributed by atoms with Gasteiger partial charge in [-0.1, -0.05) is 0 Å². The van der Waals surface area contributed by atoms with Crippen LogP contribution in [0.2, 0.25) is 0 Å². The van der Waals surface area contributed by atoms with Gasteiger partial charge >= 0.3 is 0 Å². The molecule has 0 radical (unpaired) electrons. The summed E-state index contributed by atoms with van der Waals surface area (Å²) in [7, 11) is 0. The monoisotopic (exact) mass is 114 g/mol. The maximum atomic E-state index is 10.0. The molecule has 0 aromatic heterocycles. The minimum atomic E-state index is -0.264. The van der Waals surface area contributed by atoms with E-state index in [1.165, 1.54) is 0 Å². The number of carbonyl (C=O) groups excluding carboxylic acids is 1. The van der Waals surface area contributed by atoms with Gasteiger partial charge in [0.15, 0.2) is 6.29 Å². The van der Waals surface area contributed by atoms with Crippen LogP contribution in [0.15, 0.2) is 0 Å². The molecule has 0 aromatic rings. The van der Waals surface area contributed by atoms with E-state index < -0.39 is 0 Å². The summed E-state index contributed by atoms with van der Waals surface area (Å²) in [6.45, 7) is 0.605. The van der Waals surface area contributed by atoms with E-state index in [2.05, 4.69) is 0 Å². The SMILES string of the molecule is O=C[C@H]1OC[C@H]2O[C@@H]12. The highest BCUT2D eigenvalue weighted by Crippen LogP contribution is 2.32. The normalized spacial score (nSPS) is 50.8. The van der Waals surface area contributed by atoms with Gasteiger partial charge in [-0.15, -0.1) is 0 Å². The molecule has 8 heavy (non-hydrogen) atoms. The van der Waals surface area contributed by atoms with Crippen molar-refractivity contribution in [3.05, 3.63) is 0 Å². The van der Waals surface area contributed by atoms with Crippen LogP contribution < -0.4 is 0 Å². The number of ether oxygens (including phenoxy) is 2. The van der Waals surface area contributed by atoms with Gasteiger partial charge in [0, 0.05) is 0 Å². The molecule has 2 saturated heterocycles. The molecule has 2 heterocycles. The third kappa shape index (κ3) is 0.428. The number of hydrogen-bond acceptors (Lipinski definition) is 3. The Morgan fingerprint density at radius 3 is 2.75 bits per heavy atom. The van der Waals surface area contributed by atoms with E-state index in [0.717, 1.165) is 6.29 Å². The van der Waals surface area contributed by atoms with Gasteiger partial charge < -0.3 is 14.3 Å². The molecule has 44 valence electrons. The van der Waals surface area contributed by atoms with Crippen molar-refractivity contribution in [3.63, 3.8) is 0 Å². The molecule has 3 atom stereocenters. The van der Waals surface area contributed by atoms with E-state index in [4.69, 9.17) is 9.47 Å². The Kier molecular flexibility index (Phi) is 0.725. The average Bonchev–Trinajstić information content (AvgIpc) is 2.46. The molecule has 0 bridgehead atoms. The third-order valence-electron chi connectivity index (χ3n) is 1.53. The zero-order valence-electron chi connectivity index (χ0n) is 4.24. The molecule has 3 heteroatoms. The zero-order chi connectivity index (χ0) is 5.56. The van der Waals surface area contributed by atoms with Crippen molar-refractivity contribution in [2.45, 2.75) is 18.3 Å². The van der Waals surface area contributed by atoms with Crippen molar-refractivity contribution in [2.24, 2.45) is 0 Å². The van der Waals surface area contributed by atoms with Crippen LogP contribution in [0.5, 0.6) is 0 Å². The quantitative estimate of drug-likeness (QED) is 0.336. The fraction of sp³-hybridized carbons (Fsp3) is 0.800. The predicted octanol–water partition coefficient (Wildman–Crippen LogP) is -0.649. The largest absolute Gasteiger partial charge is 0.365 e. The van der Waals surface area contributed by atoms with Crippen molar-refractivity contribution in [3.8, 4) is 0 Å². The second kappa shape index (κ2) is 1.30. The van der Waals surface area contributed by atoms with Crippen LogP contribution in [-0.4, -0.2) is 31.2 Å². The summed E-state index contributed by atoms with van der Waals surface area (Å²) >= 11 is 0. The molecule has 0 aliphatic carbocycles. The van der Waals surface area contributed by atoms with E-state index in [1.807, 2.05) is 0 Å². The smallest absolute Gasteiger partial charge is 0.151 e. The average molecular weight is 114 g/mol. The van der Waals surface area contributed by atoms with Gasteiger partial charge in [0.2, 0.25) is 0 Å². The maximum Gasteiger partial charge on any atom is 0.151 e. The zero-order valence-corrected chi connectivity index (χ0v) is 4.24. The second-order valence-electron chi connectivity index (χ2n) is 2.07. The summed E-state index contributed by atoms with van der Waals surface area (Å²) in [5, 5.41) is 0. The van der Waals surface area contributed by atoms with Crippen molar-refractivity contribution < 1.29 is 14.3 Å². The molecule has 0 aromatic carbocycles. The first-order valence-corrected chi connectivity index (χ1v) is 2.64. The molecule has 2 fully saturated rings. The Morgan fingerprint density at radius 2 is 2.50 bits per heavy atom. The molecule has 0 amide bonds. The molecule has 2 aliphatic heterocycles. The maximum absolute atomic E-state index is 10.0. The molecule has 0 unspecified atom stereocenters. The Balaban J connectivity index is 2.06. The van der Waals surface area contributed by atoms with Crippen LogP contribution in [-0.2, 0) is 14.3 Å². The molecule has 3 nitrogen and oxygen atoms in total. The van der Waals surface area contributed by atoms with Crippen molar-refractivity contribution in [1.82, 2.24) is 0 Å². The highest BCUT2D eigenvalue weighted by molar-refractivity contribution is 5.59. The first-order valence-electron chi connectivity index (χ1n) is 2.64. The summed E-state index contributed by atoms with van der Waals surface area (Å²) in [4.78, 5) is 10.0. The first-order chi connectivity index (χ1) is 3.92. The van der Waals surface area contributed by atoms with E-state index in [-0.39, 0.29) is 18.3 Å². The van der Waals surface area contributed by atoms with Crippen molar-refractivity contribution in [1.29, 1.82) is 0 Å². The summed E-state index contributed by atoms with van der Waals surface area (Å²) in [6, 6.07) is 0. The number of epoxide rings is 1. The van der Waals surface area contributed by atoms with E-state index in [0.29, 0.717) is 6.61 Å². The molecular formula is C5H6O3. The number of carbonyl (C=O) groups is 1.